The molecule has 0 unspecified atom stereocenters. The topological polar surface area (TPSA) is 141 Å². The van der Waals surface area contributed by atoms with Crippen LogP contribution in [0.2, 0.25) is 0 Å². The monoisotopic (exact) mass is 500 g/mol. The van der Waals surface area contributed by atoms with E-state index in [1.807, 2.05) is 12.1 Å². The number of carbonyl (C=O) groups is 1. The molecule has 0 atom stereocenters. The average molecular weight is 501 g/mol. The highest BCUT2D eigenvalue weighted by molar-refractivity contribution is 5.82. The highest BCUT2D eigenvalue weighted by Gasteiger charge is 2.17. The van der Waals surface area contributed by atoms with Gasteiger partial charge in [0.15, 0.2) is 18.1 Å². The fourth-order valence-corrected chi connectivity index (χ4v) is 4.15. The number of nitrogens with one attached hydrogen (secondary N) is 3. The molecule has 1 amide bonds. The Labute approximate surface area is 214 Å². The van der Waals surface area contributed by atoms with Gasteiger partial charge in [0.1, 0.15) is 11.6 Å². The van der Waals surface area contributed by atoms with Crippen LogP contribution in [0.25, 0.3) is 11.3 Å². The summed E-state index contributed by atoms with van der Waals surface area (Å²) in [6.07, 6.45) is 7.05. The summed E-state index contributed by atoms with van der Waals surface area (Å²) < 4.78 is 11.1. The number of aromatic amines is 1. The Bertz CT molecular complexity index is 1360. The van der Waals surface area contributed by atoms with Gasteiger partial charge in [-0.25, -0.2) is 10.4 Å². The van der Waals surface area contributed by atoms with Gasteiger partial charge >= 0.3 is 0 Å². The van der Waals surface area contributed by atoms with Crippen molar-refractivity contribution in [2.24, 2.45) is 5.10 Å². The van der Waals surface area contributed by atoms with Crippen LogP contribution in [0.3, 0.4) is 0 Å². The van der Waals surface area contributed by atoms with E-state index in [4.69, 9.17) is 9.47 Å². The number of amides is 1. The van der Waals surface area contributed by atoms with Crippen molar-refractivity contribution in [3.05, 3.63) is 70.0 Å². The summed E-state index contributed by atoms with van der Waals surface area (Å²) in [6, 6.07) is 16.3. The number of hydrogen-bond donors (Lipinski definition) is 3. The lowest BCUT2D eigenvalue weighted by molar-refractivity contribution is -0.124. The molecule has 0 radical (unpaired) electrons. The molecule has 2 aromatic carbocycles. The third kappa shape index (κ3) is 6.73. The number of H-pyrrole nitrogens is 1. The van der Waals surface area contributed by atoms with Gasteiger partial charge < -0.3 is 14.8 Å². The molecule has 4 rings (SSSR count). The number of carbonyl (C=O) groups excluding carboxylic acids is 1. The van der Waals surface area contributed by atoms with Gasteiger partial charge in [-0.1, -0.05) is 49.6 Å². The lowest BCUT2D eigenvalue weighted by Gasteiger charge is -2.22. The minimum absolute atomic E-state index is 0.0755. The van der Waals surface area contributed by atoms with Gasteiger partial charge in [0.2, 0.25) is 5.95 Å². The summed E-state index contributed by atoms with van der Waals surface area (Å²) >= 11 is 0. The second kappa shape index (κ2) is 12.4. The molecule has 10 nitrogen and oxygen atoms in total. The number of methoxy groups -OCH3 is 1. The number of aromatic nitrogens is 2. The number of benzene rings is 2. The molecular formula is C27H28N6O4. The molecule has 190 valence electrons. The minimum Gasteiger partial charge on any atom is -0.493 e. The molecule has 0 saturated heterocycles. The van der Waals surface area contributed by atoms with Crippen molar-refractivity contribution in [2.45, 2.75) is 38.1 Å². The van der Waals surface area contributed by atoms with Gasteiger partial charge in [0.05, 0.1) is 19.0 Å². The Morgan fingerprint density at radius 2 is 1.97 bits per heavy atom. The maximum atomic E-state index is 12.4. The van der Waals surface area contributed by atoms with Crippen molar-refractivity contribution in [1.29, 1.82) is 5.26 Å². The highest BCUT2D eigenvalue weighted by Crippen LogP contribution is 2.27. The first-order valence-electron chi connectivity index (χ1n) is 12.1. The molecule has 1 fully saturated rings. The van der Waals surface area contributed by atoms with Crippen LogP contribution < -0.4 is 25.8 Å². The third-order valence-electron chi connectivity index (χ3n) is 5.98. The molecule has 1 saturated carbocycles. The van der Waals surface area contributed by atoms with E-state index in [-0.39, 0.29) is 35.8 Å². The molecule has 10 heteroatoms. The summed E-state index contributed by atoms with van der Waals surface area (Å²) in [4.78, 5) is 31.5. The molecule has 0 aliphatic heterocycles. The summed E-state index contributed by atoms with van der Waals surface area (Å²) in [5, 5.41) is 16.5. The van der Waals surface area contributed by atoms with E-state index in [0.717, 1.165) is 25.7 Å². The molecule has 1 aliphatic carbocycles. The first kappa shape index (κ1) is 25.4. The van der Waals surface area contributed by atoms with E-state index in [0.29, 0.717) is 22.6 Å². The maximum absolute atomic E-state index is 12.4. The number of nitrogens with zero attached hydrogens (tertiary/aromatic N) is 3. The molecule has 1 aromatic heterocycles. The smallest absolute Gasteiger partial charge is 0.270 e. The predicted octanol–water partition coefficient (Wildman–Crippen LogP) is 3.59. The molecule has 3 aromatic rings. The van der Waals surface area contributed by atoms with E-state index >= 15 is 0 Å². The van der Waals surface area contributed by atoms with Gasteiger partial charge in [-0.15, -0.1) is 0 Å². The number of hydrogen-bond acceptors (Lipinski definition) is 8. The highest BCUT2D eigenvalue weighted by atomic mass is 16.5. The fraction of sp³-hybridized carbons (Fsp3) is 0.296. The Morgan fingerprint density at radius 1 is 1.19 bits per heavy atom. The lowest BCUT2D eigenvalue weighted by Crippen LogP contribution is -2.39. The van der Waals surface area contributed by atoms with Gasteiger partial charge in [0.25, 0.3) is 11.5 Å². The minimum atomic E-state index is -0.565. The number of anilines is 1. The molecule has 37 heavy (non-hydrogen) atoms. The van der Waals surface area contributed by atoms with Crippen LogP contribution in [-0.4, -0.2) is 41.8 Å². The molecular weight excluding hydrogens is 472 g/mol. The predicted molar refractivity (Wildman–Crippen MR) is 140 cm³/mol. The van der Waals surface area contributed by atoms with Gasteiger partial charge in [0, 0.05) is 11.6 Å². The molecule has 1 aliphatic rings. The lowest BCUT2D eigenvalue weighted by atomic mass is 9.95. The standard InChI is InChI=1S/C27H28N6O4/c1-36-23-14-18(12-13-22(23)37-17-24(34)30-20-10-6-3-7-11-20)16-29-33-27-31-25(19-8-4-2-5-9-19)21(15-28)26(35)32-27/h2,4-5,8-9,12-14,16,20H,3,6-7,10-11,17H2,1H3,(H,30,34)(H2,31,32,33,35). The maximum Gasteiger partial charge on any atom is 0.270 e. The van der Waals surface area contributed by atoms with Crippen molar-refractivity contribution in [3.63, 3.8) is 0 Å². The van der Waals surface area contributed by atoms with Crippen molar-refractivity contribution in [1.82, 2.24) is 15.3 Å². The zero-order valence-corrected chi connectivity index (χ0v) is 20.5. The number of ether oxygens (including phenoxy) is 2. The van der Waals surface area contributed by atoms with E-state index < -0.39 is 5.56 Å². The molecule has 1 heterocycles. The summed E-state index contributed by atoms with van der Waals surface area (Å²) in [5.41, 5.74) is 3.64. The molecule has 3 N–H and O–H groups in total. The number of hydrazone groups is 1. The van der Waals surface area contributed by atoms with Crippen LogP contribution in [0.15, 0.2) is 58.4 Å². The Morgan fingerprint density at radius 3 is 2.70 bits per heavy atom. The quantitative estimate of drug-likeness (QED) is 0.301. The fourth-order valence-electron chi connectivity index (χ4n) is 4.15. The zero-order chi connectivity index (χ0) is 26.0. The SMILES string of the molecule is COc1cc(C=NNc2nc(-c3ccccc3)c(C#N)c(=O)[nH]2)ccc1OCC(=O)NC1CCCCC1. The van der Waals surface area contributed by atoms with Gasteiger partial charge in [-0.2, -0.15) is 10.4 Å². The van der Waals surface area contributed by atoms with Crippen LogP contribution >= 0.6 is 0 Å². The average Bonchev–Trinajstić information content (AvgIpc) is 2.93. The summed E-state index contributed by atoms with van der Waals surface area (Å²) in [6.45, 7) is -0.0939. The van der Waals surface area contributed by atoms with Crippen LogP contribution in [-0.2, 0) is 4.79 Å². The first-order valence-corrected chi connectivity index (χ1v) is 12.1. The van der Waals surface area contributed by atoms with E-state index in [9.17, 15) is 14.9 Å². The van der Waals surface area contributed by atoms with Gasteiger partial charge in [-0.3, -0.25) is 14.6 Å². The van der Waals surface area contributed by atoms with E-state index in [2.05, 4.69) is 25.8 Å². The van der Waals surface area contributed by atoms with E-state index in [1.165, 1.54) is 19.7 Å². The van der Waals surface area contributed by atoms with E-state index in [1.54, 1.807) is 42.5 Å². The van der Waals surface area contributed by atoms with Crippen LogP contribution in [0.1, 0.15) is 43.2 Å². The van der Waals surface area contributed by atoms with Crippen LogP contribution in [0.5, 0.6) is 11.5 Å². The van der Waals surface area contributed by atoms with Crippen LogP contribution in [0, 0.1) is 11.3 Å². The second-order valence-electron chi connectivity index (χ2n) is 8.59. The van der Waals surface area contributed by atoms with Crippen molar-refractivity contribution in [3.8, 4) is 28.8 Å². The second-order valence-corrected chi connectivity index (χ2v) is 8.59. The molecule has 0 bridgehead atoms. The Hall–Kier alpha value is -4.65. The normalized spacial score (nSPS) is 13.6. The Kier molecular flexibility index (Phi) is 8.49. The first-order chi connectivity index (χ1) is 18.1. The largest absolute Gasteiger partial charge is 0.493 e. The zero-order valence-electron chi connectivity index (χ0n) is 20.5. The van der Waals surface area contributed by atoms with Gasteiger partial charge in [-0.05, 0) is 36.6 Å². The van der Waals surface area contributed by atoms with Crippen molar-refractivity contribution in [2.75, 3.05) is 19.1 Å². The molecule has 0 spiro atoms. The number of rotatable bonds is 9. The Balaban J connectivity index is 1.40. The summed E-state index contributed by atoms with van der Waals surface area (Å²) in [7, 11) is 1.51. The van der Waals surface area contributed by atoms with Crippen molar-refractivity contribution >= 4 is 18.1 Å². The van der Waals surface area contributed by atoms with Crippen molar-refractivity contribution < 1.29 is 14.3 Å². The third-order valence-corrected chi connectivity index (χ3v) is 5.98. The van der Waals surface area contributed by atoms with Crippen LogP contribution in [0.4, 0.5) is 5.95 Å². The number of nitriles is 1. The summed E-state index contributed by atoms with van der Waals surface area (Å²) in [5.74, 6) is 0.834.